The summed E-state index contributed by atoms with van der Waals surface area (Å²) in [6.45, 7) is -0.544. The molecule has 0 spiro atoms. The zero-order chi connectivity index (χ0) is 13.4. The van der Waals surface area contributed by atoms with Crippen molar-refractivity contribution in [1.29, 1.82) is 0 Å². The minimum Gasteiger partial charge on any atom is -0.398 e. The second kappa shape index (κ2) is 4.10. The molecule has 0 atom stereocenters. The van der Waals surface area contributed by atoms with Crippen molar-refractivity contribution in [3.8, 4) is 0 Å². The lowest BCUT2D eigenvalue weighted by atomic mass is 10.0. The molecule has 0 aliphatic rings. The fraction of sp³-hybridized carbons (Fsp3) is 0.333. The molecule has 1 rings (SSSR count). The predicted molar refractivity (Wildman–Crippen MR) is 48.7 cm³/mol. The molecule has 0 aromatic heterocycles. The quantitative estimate of drug-likeness (QED) is 0.601. The zero-order valence-corrected chi connectivity index (χ0v) is 8.28. The first-order chi connectivity index (χ1) is 7.57. The van der Waals surface area contributed by atoms with Gasteiger partial charge in [0.2, 0.25) is 0 Å². The van der Waals surface area contributed by atoms with Crippen LogP contribution in [0.15, 0.2) is 12.1 Å². The van der Waals surface area contributed by atoms with E-state index in [2.05, 4.69) is 0 Å². The summed E-state index contributed by atoms with van der Waals surface area (Å²) in [4.78, 5) is 0. The Morgan fingerprint density at radius 3 is 1.71 bits per heavy atom. The van der Waals surface area contributed by atoms with Crippen LogP contribution in [-0.2, 0) is 18.9 Å². The number of rotatable bonds is 1. The Hall–Kier alpha value is -1.44. The van der Waals surface area contributed by atoms with E-state index in [1.807, 2.05) is 0 Å². The van der Waals surface area contributed by atoms with Crippen molar-refractivity contribution in [2.75, 3.05) is 5.73 Å². The summed E-state index contributed by atoms with van der Waals surface area (Å²) < 4.78 is 74.5. The number of anilines is 1. The van der Waals surface area contributed by atoms with Crippen molar-refractivity contribution in [3.05, 3.63) is 28.8 Å². The van der Waals surface area contributed by atoms with Gasteiger partial charge < -0.3 is 11.5 Å². The van der Waals surface area contributed by atoms with Gasteiger partial charge in [0.1, 0.15) is 0 Å². The molecule has 4 N–H and O–H groups in total. The van der Waals surface area contributed by atoms with Gasteiger partial charge in [0.15, 0.2) is 0 Å². The van der Waals surface area contributed by atoms with Crippen molar-refractivity contribution < 1.29 is 26.3 Å². The first-order valence-corrected chi connectivity index (χ1v) is 4.34. The van der Waals surface area contributed by atoms with Crippen LogP contribution in [0.25, 0.3) is 0 Å². The van der Waals surface area contributed by atoms with Crippen LogP contribution in [0.1, 0.15) is 16.7 Å². The molecule has 0 aliphatic carbocycles. The number of hydrogen-bond donors (Lipinski definition) is 2. The summed E-state index contributed by atoms with van der Waals surface area (Å²) in [6, 6.07) is 0.586. The molecule has 8 heteroatoms. The molecule has 96 valence electrons. The van der Waals surface area contributed by atoms with Crippen LogP contribution in [0.5, 0.6) is 0 Å². The van der Waals surface area contributed by atoms with Crippen LogP contribution in [0.3, 0.4) is 0 Å². The molecule has 17 heavy (non-hydrogen) atoms. The third-order valence-corrected chi connectivity index (χ3v) is 2.11. The van der Waals surface area contributed by atoms with Gasteiger partial charge in [-0.2, -0.15) is 26.3 Å². The Kier molecular flexibility index (Phi) is 3.28. The molecule has 1 aromatic rings. The first kappa shape index (κ1) is 13.6. The summed E-state index contributed by atoms with van der Waals surface area (Å²) in [7, 11) is 0. The number of halogens is 6. The number of benzene rings is 1. The standard InChI is InChI=1S/C9H8F6N2/c10-8(11,12)5-2-6(9(13,14)15)7(17)1-4(5)3-16/h1-2H,3,16-17H2. The van der Waals surface area contributed by atoms with Crippen molar-refractivity contribution in [3.63, 3.8) is 0 Å². The molecule has 0 radical (unpaired) electrons. The number of hydrogen-bond acceptors (Lipinski definition) is 2. The molecular weight excluding hydrogens is 250 g/mol. The Balaban J connectivity index is 3.49. The first-order valence-electron chi connectivity index (χ1n) is 4.34. The van der Waals surface area contributed by atoms with Gasteiger partial charge in [-0.25, -0.2) is 0 Å². The van der Waals surface area contributed by atoms with Crippen LogP contribution < -0.4 is 11.5 Å². The number of nitrogen functional groups attached to an aromatic ring is 1. The summed E-state index contributed by atoms with van der Waals surface area (Å²) >= 11 is 0. The van der Waals surface area contributed by atoms with E-state index in [1.165, 1.54) is 0 Å². The second-order valence-electron chi connectivity index (χ2n) is 3.30. The van der Waals surface area contributed by atoms with Crippen molar-refractivity contribution in [2.45, 2.75) is 18.9 Å². The zero-order valence-electron chi connectivity index (χ0n) is 8.28. The SMILES string of the molecule is NCc1cc(N)c(C(F)(F)F)cc1C(F)(F)F. The fourth-order valence-corrected chi connectivity index (χ4v) is 1.34. The third kappa shape index (κ3) is 2.82. The van der Waals surface area contributed by atoms with Gasteiger partial charge in [0.25, 0.3) is 0 Å². The van der Waals surface area contributed by atoms with Crippen molar-refractivity contribution >= 4 is 5.69 Å². The highest BCUT2D eigenvalue weighted by atomic mass is 19.4. The maximum atomic E-state index is 12.5. The minimum atomic E-state index is -4.93. The predicted octanol–water partition coefficient (Wildman–Crippen LogP) is 2.77. The topological polar surface area (TPSA) is 52.0 Å². The Labute approximate surface area is 92.2 Å². The van der Waals surface area contributed by atoms with E-state index in [-0.39, 0.29) is 6.07 Å². The molecule has 0 amide bonds. The van der Waals surface area contributed by atoms with E-state index in [0.29, 0.717) is 6.07 Å². The Morgan fingerprint density at radius 2 is 1.35 bits per heavy atom. The maximum Gasteiger partial charge on any atom is 0.418 e. The monoisotopic (exact) mass is 258 g/mol. The lowest BCUT2D eigenvalue weighted by molar-refractivity contribution is -0.143. The van der Waals surface area contributed by atoms with Gasteiger partial charge in [-0.3, -0.25) is 0 Å². The summed E-state index contributed by atoms with van der Waals surface area (Å²) in [5.74, 6) is 0. The molecule has 0 fully saturated rings. The Bertz CT molecular complexity index is 421. The van der Waals surface area contributed by atoms with E-state index >= 15 is 0 Å². The Morgan fingerprint density at radius 1 is 0.882 bits per heavy atom. The average Bonchev–Trinajstić information content (AvgIpc) is 2.13. The van der Waals surface area contributed by atoms with E-state index in [9.17, 15) is 26.3 Å². The molecule has 0 bridgehead atoms. The highest BCUT2D eigenvalue weighted by Crippen LogP contribution is 2.40. The molecule has 1 aromatic carbocycles. The van der Waals surface area contributed by atoms with E-state index in [4.69, 9.17) is 11.5 Å². The van der Waals surface area contributed by atoms with Crippen LogP contribution in [0, 0.1) is 0 Å². The average molecular weight is 258 g/mol. The van der Waals surface area contributed by atoms with Crippen molar-refractivity contribution in [1.82, 2.24) is 0 Å². The van der Waals surface area contributed by atoms with Gasteiger partial charge in [0, 0.05) is 12.2 Å². The smallest absolute Gasteiger partial charge is 0.398 e. The summed E-state index contributed by atoms with van der Waals surface area (Å²) in [5.41, 5.74) is 5.92. The van der Waals surface area contributed by atoms with Gasteiger partial charge in [-0.1, -0.05) is 0 Å². The summed E-state index contributed by atoms with van der Waals surface area (Å²) in [6.07, 6.45) is -9.83. The molecule has 0 heterocycles. The minimum absolute atomic E-state index is 0.0163. The molecule has 0 aliphatic heterocycles. The lowest BCUT2D eigenvalue weighted by Gasteiger charge is -2.17. The number of alkyl halides is 6. The van der Waals surface area contributed by atoms with E-state index in [1.54, 1.807) is 0 Å². The molecule has 0 saturated carbocycles. The van der Waals surface area contributed by atoms with Gasteiger partial charge in [0.05, 0.1) is 11.1 Å². The van der Waals surface area contributed by atoms with E-state index in [0.717, 1.165) is 0 Å². The maximum absolute atomic E-state index is 12.5. The molecule has 2 nitrogen and oxygen atoms in total. The second-order valence-corrected chi connectivity index (χ2v) is 3.30. The van der Waals surface area contributed by atoms with Crippen LogP contribution in [0.2, 0.25) is 0 Å². The van der Waals surface area contributed by atoms with Gasteiger partial charge in [-0.05, 0) is 17.7 Å². The molecular formula is C9H8F6N2. The largest absolute Gasteiger partial charge is 0.418 e. The van der Waals surface area contributed by atoms with Crippen LogP contribution in [0.4, 0.5) is 32.0 Å². The highest BCUT2D eigenvalue weighted by molar-refractivity contribution is 5.54. The van der Waals surface area contributed by atoms with Crippen LogP contribution >= 0.6 is 0 Å². The fourth-order valence-electron chi connectivity index (χ4n) is 1.34. The summed E-state index contributed by atoms with van der Waals surface area (Å²) in [5, 5.41) is 0. The van der Waals surface area contributed by atoms with Gasteiger partial charge in [-0.15, -0.1) is 0 Å². The molecule has 0 unspecified atom stereocenters. The van der Waals surface area contributed by atoms with Crippen LogP contribution in [-0.4, -0.2) is 0 Å². The molecule has 0 saturated heterocycles. The lowest BCUT2D eigenvalue weighted by Crippen LogP contribution is -2.17. The van der Waals surface area contributed by atoms with E-state index < -0.39 is 41.3 Å². The normalized spacial score (nSPS) is 12.9. The van der Waals surface area contributed by atoms with Gasteiger partial charge >= 0.3 is 12.4 Å². The highest BCUT2D eigenvalue weighted by Gasteiger charge is 2.39. The number of nitrogens with two attached hydrogens (primary N) is 2. The van der Waals surface area contributed by atoms with Crippen molar-refractivity contribution in [2.24, 2.45) is 5.73 Å². The third-order valence-electron chi connectivity index (χ3n) is 2.11.